The predicted molar refractivity (Wildman–Crippen MR) is 249 cm³/mol. The number of amides is 8. The van der Waals surface area contributed by atoms with E-state index in [9.17, 15) is 38.4 Å². The van der Waals surface area contributed by atoms with Gasteiger partial charge in [-0.1, -0.05) is 60.7 Å². The van der Waals surface area contributed by atoms with Crippen molar-refractivity contribution in [3.63, 3.8) is 0 Å². The Labute approximate surface area is 386 Å². The fourth-order valence-corrected chi connectivity index (χ4v) is 6.62. The third-order valence-corrected chi connectivity index (χ3v) is 9.94. The molecule has 0 radical (unpaired) electrons. The number of guanidine groups is 1. The van der Waals surface area contributed by atoms with E-state index in [1.807, 2.05) is 60.7 Å². The van der Waals surface area contributed by atoms with Gasteiger partial charge in [0.05, 0.1) is 19.6 Å². The van der Waals surface area contributed by atoms with Crippen molar-refractivity contribution in [2.24, 2.45) is 39.4 Å². The van der Waals surface area contributed by atoms with Gasteiger partial charge < -0.3 is 70.4 Å². The molecule has 0 fully saturated rings. The Balaban J connectivity index is 2.12. The van der Waals surface area contributed by atoms with Gasteiger partial charge in [-0.2, -0.15) is 0 Å². The Morgan fingerprint density at radius 3 is 1.30 bits per heavy atom. The molecule has 22 heteroatoms. The van der Waals surface area contributed by atoms with Crippen LogP contribution in [-0.4, -0.2) is 158 Å². The van der Waals surface area contributed by atoms with Gasteiger partial charge in [0.25, 0.3) is 0 Å². The van der Waals surface area contributed by atoms with Crippen LogP contribution in [0.4, 0.5) is 0 Å². The van der Waals surface area contributed by atoms with Gasteiger partial charge in [0.15, 0.2) is 5.96 Å². The summed E-state index contributed by atoms with van der Waals surface area (Å²) < 4.78 is 0. The number of nitrogens with two attached hydrogens (primary N) is 6. The van der Waals surface area contributed by atoms with Crippen LogP contribution in [0.1, 0.15) is 56.6 Å². The van der Waals surface area contributed by atoms with Gasteiger partial charge in [0.2, 0.25) is 47.3 Å². The Morgan fingerprint density at radius 2 is 0.924 bits per heavy atom. The van der Waals surface area contributed by atoms with Crippen LogP contribution in [0, 0.1) is 0 Å². The van der Waals surface area contributed by atoms with E-state index >= 15 is 0 Å². The maximum absolute atomic E-state index is 13.7. The molecule has 2 rings (SSSR count). The molecular weight excluding hydrogens is 853 g/mol. The average molecular weight is 923 g/mol. The Hall–Kier alpha value is -6.65. The molecule has 22 nitrogen and oxygen atoms in total. The van der Waals surface area contributed by atoms with Crippen molar-refractivity contribution in [2.45, 2.75) is 76.4 Å². The van der Waals surface area contributed by atoms with Crippen LogP contribution in [0.15, 0.2) is 65.7 Å². The van der Waals surface area contributed by atoms with Crippen LogP contribution in [0.5, 0.6) is 0 Å². The predicted octanol–water partition coefficient (Wildman–Crippen LogP) is -3.48. The zero-order chi connectivity index (χ0) is 48.9. The van der Waals surface area contributed by atoms with Crippen molar-refractivity contribution in [3.8, 4) is 0 Å². The number of rotatable bonds is 32. The SMILES string of the molecule is CC(=O)NCCN(CC(=O)NCCN(CC(=O)NCCN(CC(=O)NCCC(N)=O)C(=O)C[C@@H](N)Cc1ccccc1)C(=O)C[C@@H](N)Cc1ccccc1)C(=O)C[C@@H](N)CCCN=C(N)N. The minimum atomic E-state index is -0.606. The minimum absolute atomic E-state index is 0.0207. The summed E-state index contributed by atoms with van der Waals surface area (Å²) in [6.45, 7) is 0.202. The first-order valence-corrected chi connectivity index (χ1v) is 22.0. The first-order valence-electron chi connectivity index (χ1n) is 22.0. The molecule has 8 amide bonds. The van der Waals surface area contributed by atoms with Crippen LogP contribution in [-0.2, 0) is 51.2 Å². The molecule has 0 aliphatic carbocycles. The quantitative estimate of drug-likeness (QED) is 0.0194. The summed E-state index contributed by atoms with van der Waals surface area (Å²) in [7, 11) is 0. The molecule has 0 heterocycles. The third kappa shape index (κ3) is 25.6. The lowest BCUT2D eigenvalue weighted by molar-refractivity contribution is -0.137. The van der Waals surface area contributed by atoms with Crippen molar-refractivity contribution >= 4 is 53.2 Å². The summed E-state index contributed by atoms with van der Waals surface area (Å²) in [5.41, 5.74) is 36.6. The van der Waals surface area contributed by atoms with Gasteiger partial charge in [0.1, 0.15) is 0 Å². The number of nitrogens with zero attached hydrogens (tertiary/aromatic N) is 4. The smallest absolute Gasteiger partial charge is 0.239 e. The molecule has 3 atom stereocenters. The third-order valence-electron chi connectivity index (χ3n) is 9.94. The highest BCUT2D eigenvalue weighted by molar-refractivity contribution is 5.87. The fraction of sp³-hybridized carbons (Fsp3) is 0.523. The van der Waals surface area contributed by atoms with Gasteiger partial charge in [-0.25, -0.2) is 0 Å². The Bertz CT molecular complexity index is 1880. The van der Waals surface area contributed by atoms with Crippen LogP contribution in [0.25, 0.3) is 0 Å². The van der Waals surface area contributed by atoms with E-state index in [1.165, 1.54) is 21.6 Å². The first kappa shape index (κ1) is 55.5. The highest BCUT2D eigenvalue weighted by Crippen LogP contribution is 2.09. The summed E-state index contributed by atoms with van der Waals surface area (Å²) in [4.78, 5) is 110. The van der Waals surface area contributed by atoms with E-state index in [2.05, 4.69) is 26.3 Å². The zero-order valence-electron chi connectivity index (χ0n) is 38.0. The summed E-state index contributed by atoms with van der Waals surface area (Å²) in [5.74, 6) is -3.97. The number of nitrogens with one attached hydrogen (secondary N) is 4. The molecule has 0 saturated carbocycles. The van der Waals surface area contributed by atoms with E-state index in [1.54, 1.807) is 0 Å². The van der Waals surface area contributed by atoms with Gasteiger partial charge in [0, 0.05) is 103 Å². The average Bonchev–Trinajstić information content (AvgIpc) is 3.24. The number of hydrogen-bond acceptors (Lipinski definition) is 12. The lowest BCUT2D eigenvalue weighted by atomic mass is 10.0. The molecular formula is C44H70N14O8. The van der Waals surface area contributed by atoms with E-state index in [0.29, 0.717) is 32.2 Å². The Kier molecular flexibility index (Phi) is 26.3. The lowest BCUT2D eigenvalue weighted by Gasteiger charge is -2.26. The second kappa shape index (κ2) is 31.3. The van der Waals surface area contributed by atoms with Gasteiger partial charge in [-0.05, 0) is 36.8 Å². The van der Waals surface area contributed by atoms with Crippen molar-refractivity contribution in [2.75, 3.05) is 72.0 Å². The van der Waals surface area contributed by atoms with Crippen molar-refractivity contribution in [3.05, 3.63) is 71.8 Å². The molecule has 2 aromatic carbocycles. The number of hydrogen-bond donors (Lipinski definition) is 10. The van der Waals surface area contributed by atoms with Crippen LogP contribution in [0.2, 0.25) is 0 Å². The number of primary amides is 1. The van der Waals surface area contributed by atoms with Crippen LogP contribution >= 0.6 is 0 Å². The molecule has 0 aliphatic heterocycles. The molecule has 0 spiro atoms. The van der Waals surface area contributed by atoms with E-state index in [0.717, 1.165) is 11.1 Å². The molecule has 0 bridgehead atoms. The normalized spacial score (nSPS) is 12.1. The fourth-order valence-electron chi connectivity index (χ4n) is 6.62. The summed E-state index contributed by atoms with van der Waals surface area (Å²) in [5, 5.41) is 10.6. The molecule has 16 N–H and O–H groups in total. The number of carbonyl (C=O) groups is 8. The number of aliphatic imine (C=N–C) groups is 1. The number of benzene rings is 2. The van der Waals surface area contributed by atoms with E-state index in [4.69, 9.17) is 34.4 Å². The molecule has 2 aromatic rings. The second-order valence-electron chi connectivity index (χ2n) is 15.9. The van der Waals surface area contributed by atoms with E-state index < -0.39 is 66.0 Å². The lowest BCUT2D eigenvalue weighted by Crippen LogP contribution is -2.49. The van der Waals surface area contributed by atoms with Crippen LogP contribution < -0.4 is 55.7 Å². The second-order valence-corrected chi connectivity index (χ2v) is 15.9. The first-order chi connectivity index (χ1) is 31.4. The standard InChI is InChI=1S/C44H70N14O8/c1-31(59)51-17-20-56(41(64)25-34(45)13-8-15-55-44(49)50)29-39(62)53-19-22-58(43(66)27-36(47)24-33-11-6-3-7-12-33)30-40(63)54-18-21-57(28-38(61)52-16-14-37(48)60)42(65)26-35(46)23-32-9-4-2-5-10-32/h2-7,9-12,34-36H,8,13-30,45-47H2,1H3,(H2,48,60)(H,51,59)(H,52,61)(H,53,62)(H,54,63)(H4,49,50,55)/t34-,35-,36-/m0/s1. The van der Waals surface area contributed by atoms with Crippen molar-refractivity contribution in [1.82, 2.24) is 36.0 Å². The minimum Gasteiger partial charge on any atom is -0.370 e. The van der Waals surface area contributed by atoms with Gasteiger partial charge >= 0.3 is 0 Å². The highest BCUT2D eigenvalue weighted by Gasteiger charge is 2.24. The summed E-state index contributed by atoms with van der Waals surface area (Å²) in [6.07, 6.45) is 1.40. The molecule has 0 unspecified atom stereocenters. The molecule has 364 valence electrons. The van der Waals surface area contributed by atoms with Gasteiger partial charge in [-0.3, -0.25) is 43.3 Å². The van der Waals surface area contributed by atoms with Gasteiger partial charge in [-0.15, -0.1) is 0 Å². The van der Waals surface area contributed by atoms with Crippen molar-refractivity contribution in [1.29, 1.82) is 0 Å². The number of carbonyl (C=O) groups excluding carboxylic acids is 8. The van der Waals surface area contributed by atoms with E-state index in [-0.39, 0.29) is 96.5 Å². The molecule has 66 heavy (non-hydrogen) atoms. The summed E-state index contributed by atoms with van der Waals surface area (Å²) in [6, 6.07) is 17.0. The maximum atomic E-state index is 13.7. The molecule has 0 saturated heterocycles. The largest absolute Gasteiger partial charge is 0.370 e. The van der Waals surface area contributed by atoms with Crippen LogP contribution in [0.3, 0.4) is 0 Å². The monoisotopic (exact) mass is 923 g/mol. The topological polar surface area (TPSA) is 363 Å². The molecule has 0 aromatic heterocycles. The zero-order valence-corrected chi connectivity index (χ0v) is 38.0. The highest BCUT2D eigenvalue weighted by atomic mass is 16.2. The van der Waals surface area contributed by atoms with Crippen molar-refractivity contribution < 1.29 is 38.4 Å². The maximum Gasteiger partial charge on any atom is 0.239 e. The summed E-state index contributed by atoms with van der Waals surface area (Å²) >= 11 is 0. The Morgan fingerprint density at radius 1 is 0.545 bits per heavy atom. The molecule has 0 aliphatic rings.